The average Bonchev–Trinajstić information content (AvgIpc) is 3.03. The molecule has 126 valence electrons. The molecule has 0 bridgehead atoms. The SMILES string of the molecule is CNC(=O)[C@@H]1Cn2ccnc2C2(CCN(C(=O)C(C)C)CC2)O1. The molecule has 0 radical (unpaired) electrons. The van der Waals surface area contributed by atoms with Crippen molar-refractivity contribution in [2.45, 2.75) is 44.9 Å². The number of rotatable bonds is 2. The van der Waals surface area contributed by atoms with Crippen LogP contribution in [0.1, 0.15) is 32.5 Å². The van der Waals surface area contributed by atoms with Gasteiger partial charge in [-0.25, -0.2) is 4.98 Å². The van der Waals surface area contributed by atoms with Crippen LogP contribution in [0.3, 0.4) is 0 Å². The van der Waals surface area contributed by atoms with Crippen LogP contribution in [0.25, 0.3) is 0 Å². The number of aromatic nitrogens is 2. The van der Waals surface area contributed by atoms with Crippen LogP contribution in [0.4, 0.5) is 0 Å². The zero-order chi connectivity index (χ0) is 16.6. The molecular weight excluding hydrogens is 296 g/mol. The standard InChI is InChI=1S/C16H24N4O3/c1-11(2)14(22)19-7-4-16(5-8-19)15-18-6-9-20(15)10-12(23-16)13(21)17-3/h6,9,11-12H,4-5,7-8,10H2,1-3H3,(H,17,21)/t12-/m0/s1. The van der Waals surface area contributed by atoms with E-state index in [1.54, 1.807) is 13.2 Å². The fourth-order valence-electron chi connectivity index (χ4n) is 3.49. The van der Waals surface area contributed by atoms with E-state index < -0.39 is 11.7 Å². The van der Waals surface area contributed by atoms with Crippen LogP contribution in [-0.2, 0) is 26.5 Å². The van der Waals surface area contributed by atoms with E-state index in [-0.39, 0.29) is 17.7 Å². The molecule has 3 heterocycles. The van der Waals surface area contributed by atoms with Crippen molar-refractivity contribution in [1.29, 1.82) is 0 Å². The Bertz CT molecular complexity index is 602. The monoisotopic (exact) mass is 320 g/mol. The van der Waals surface area contributed by atoms with Gasteiger partial charge in [-0.05, 0) is 0 Å². The summed E-state index contributed by atoms with van der Waals surface area (Å²) in [6.45, 7) is 5.57. The second-order valence-corrected chi connectivity index (χ2v) is 6.60. The smallest absolute Gasteiger partial charge is 0.250 e. The maximum Gasteiger partial charge on any atom is 0.250 e. The summed E-state index contributed by atoms with van der Waals surface area (Å²) in [5, 5.41) is 2.66. The van der Waals surface area contributed by atoms with Crippen molar-refractivity contribution in [2.75, 3.05) is 20.1 Å². The summed E-state index contributed by atoms with van der Waals surface area (Å²) < 4.78 is 8.21. The van der Waals surface area contributed by atoms with Crippen LogP contribution in [0.2, 0.25) is 0 Å². The number of hydrogen-bond donors (Lipinski definition) is 1. The summed E-state index contributed by atoms with van der Waals surface area (Å²) in [7, 11) is 1.62. The van der Waals surface area contributed by atoms with Gasteiger partial charge < -0.3 is 19.5 Å². The Labute approximate surface area is 136 Å². The summed E-state index contributed by atoms with van der Waals surface area (Å²) in [6.07, 6.45) is 4.44. The molecule has 3 rings (SSSR count). The van der Waals surface area contributed by atoms with Crippen molar-refractivity contribution >= 4 is 11.8 Å². The third kappa shape index (κ3) is 2.73. The Kier molecular flexibility index (Phi) is 4.14. The van der Waals surface area contributed by atoms with E-state index in [2.05, 4.69) is 10.3 Å². The number of hydrogen-bond acceptors (Lipinski definition) is 4. The van der Waals surface area contributed by atoms with Crippen molar-refractivity contribution in [3.05, 3.63) is 18.2 Å². The Morgan fingerprint density at radius 3 is 2.70 bits per heavy atom. The van der Waals surface area contributed by atoms with Gasteiger partial charge in [0.05, 0.1) is 6.54 Å². The molecule has 23 heavy (non-hydrogen) atoms. The molecule has 1 aromatic rings. The first-order chi connectivity index (χ1) is 11.0. The third-order valence-electron chi connectivity index (χ3n) is 4.77. The van der Waals surface area contributed by atoms with Gasteiger partial charge in [0.25, 0.3) is 5.91 Å². The molecule has 7 heteroatoms. The van der Waals surface area contributed by atoms with Gasteiger partial charge in [-0.15, -0.1) is 0 Å². The van der Waals surface area contributed by atoms with Gasteiger partial charge in [0, 0.05) is 51.3 Å². The number of amides is 2. The van der Waals surface area contributed by atoms with Crippen molar-refractivity contribution in [3.8, 4) is 0 Å². The highest BCUT2D eigenvalue weighted by molar-refractivity contribution is 5.80. The van der Waals surface area contributed by atoms with Gasteiger partial charge in [-0.2, -0.15) is 0 Å². The average molecular weight is 320 g/mol. The van der Waals surface area contributed by atoms with Crippen LogP contribution < -0.4 is 5.32 Å². The van der Waals surface area contributed by atoms with E-state index in [4.69, 9.17) is 4.74 Å². The van der Waals surface area contributed by atoms with Gasteiger partial charge in [-0.3, -0.25) is 9.59 Å². The van der Waals surface area contributed by atoms with Crippen molar-refractivity contribution in [2.24, 2.45) is 5.92 Å². The number of imidazole rings is 1. The van der Waals surface area contributed by atoms with E-state index in [1.807, 2.05) is 29.5 Å². The van der Waals surface area contributed by atoms with Gasteiger partial charge in [0.1, 0.15) is 11.4 Å². The van der Waals surface area contributed by atoms with Crippen LogP contribution >= 0.6 is 0 Å². The Morgan fingerprint density at radius 1 is 1.39 bits per heavy atom. The second kappa shape index (κ2) is 5.96. The molecule has 0 aliphatic carbocycles. The number of ether oxygens (including phenoxy) is 1. The number of piperidine rings is 1. The molecule has 2 amide bonds. The molecule has 1 fully saturated rings. The predicted molar refractivity (Wildman–Crippen MR) is 83.5 cm³/mol. The first kappa shape index (κ1) is 16.0. The zero-order valence-electron chi connectivity index (χ0n) is 13.9. The lowest BCUT2D eigenvalue weighted by molar-refractivity contribution is -0.176. The minimum absolute atomic E-state index is 0.00284. The molecule has 0 saturated carbocycles. The largest absolute Gasteiger partial charge is 0.357 e. The number of carbonyl (C=O) groups is 2. The number of likely N-dealkylation sites (N-methyl/N-ethyl adjacent to an activating group) is 1. The summed E-state index contributed by atoms with van der Waals surface area (Å²) in [4.78, 5) is 30.6. The van der Waals surface area contributed by atoms with Gasteiger partial charge in [0.2, 0.25) is 5.91 Å². The number of nitrogens with zero attached hydrogens (tertiary/aromatic N) is 3. The van der Waals surface area contributed by atoms with E-state index in [0.717, 1.165) is 5.82 Å². The molecule has 1 atom stereocenters. The fraction of sp³-hybridized carbons (Fsp3) is 0.688. The Morgan fingerprint density at radius 2 is 2.09 bits per heavy atom. The topological polar surface area (TPSA) is 76.5 Å². The molecular formula is C16H24N4O3. The van der Waals surface area contributed by atoms with Crippen molar-refractivity contribution in [1.82, 2.24) is 19.8 Å². The highest BCUT2D eigenvalue weighted by Crippen LogP contribution is 2.40. The van der Waals surface area contributed by atoms with E-state index in [1.165, 1.54) is 0 Å². The maximum absolute atomic E-state index is 12.2. The fourth-order valence-corrected chi connectivity index (χ4v) is 3.49. The number of likely N-dealkylation sites (tertiary alicyclic amines) is 1. The van der Waals surface area contributed by atoms with Crippen LogP contribution in [0, 0.1) is 5.92 Å². The molecule has 0 aromatic carbocycles. The van der Waals surface area contributed by atoms with Crippen molar-refractivity contribution < 1.29 is 14.3 Å². The lowest BCUT2D eigenvalue weighted by Crippen LogP contribution is -2.54. The van der Waals surface area contributed by atoms with Crippen molar-refractivity contribution in [3.63, 3.8) is 0 Å². The third-order valence-corrected chi connectivity index (χ3v) is 4.77. The molecule has 0 unspecified atom stereocenters. The number of fused-ring (bicyclic) bond motifs is 2. The first-order valence-corrected chi connectivity index (χ1v) is 8.16. The zero-order valence-corrected chi connectivity index (χ0v) is 13.9. The molecule has 1 spiro atoms. The lowest BCUT2D eigenvalue weighted by atomic mass is 9.88. The highest BCUT2D eigenvalue weighted by Gasteiger charge is 2.47. The molecule has 7 nitrogen and oxygen atoms in total. The van der Waals surface area contributed by atoms with E-state index in [0.29, 0.717) is 32.5 Å². The van der Waals surface area contributed by atoms with E-state index in [9.17, 15) is 9.59 Å². The van der Waals surface area contributed by atoms with Crippen LogP contribution in [-0.4, -0.2) is 52.5 Å². The molecule has 2 aliphatic rings. The number of nitrogens with one attached hydrogen (secondary N) is 1. The second-order valence-electron chi connectivity index (χ2n) is 6.60. The van der Waals surface area contributed by atoms with Crippen LogP contribution in [0.5, 0.6) is 0 Å². The minimum atomic E-state index is -0.577. The molecule has 2 aliphatic heterocycles. The first-order valence-electron chi connectivity index (χ1n) is 8.16. The summed E-state index contributed by atoms with van der Waals surface area (Å²) >= 11 is 0. The van der Waals surface area contributed by atoms with Gasteiger partial charge in [-0.1, -0.05) is 13.8 Å². The summed E-state index contributed by atoms with van der Waals surface area (Å²) in [5.74, 6) is 0.914. The Balaban J connectivity index is 1.82. The maximum atomic E-state index is 12.2. The van der Waals surface area contributed by atoms with Gasteiger partial charge >= 0.3 is 0 Å². The predicted octanol–water partition coefficient (Wildman–Crippen LogP) is 0.502. The Hall–Kier alpha value is -1.89. The highest BCUT2D eigenvalue weighted by atomic mass is 16.5. The summed E-state index contributed by atoms with van der Waals surface area (Å²) in [5.41, 5.74) is -0.577. The van der Waals surface area contributed by atoms with E-state index >= 15 is 0 Å². The summed E-state index contributed by atoms with van der Waals surface area (Å²) in [6, 6.07) is 0. The molecule has 1 N–H and O–H groups in total. The quantitative estimate of drug-likeness (QED) is 0.861. The normalized spacial score (nSPS) is 23.0. The lowest BCUT2D eigenvalue weighted by Gasteiger charge is -2.45. The van der Waals surface area contributed by atoms with Gasteiger partial charge in [0.15, 0.2) is 6.10 Å². The minimum Gasteiger partial charge on any atom is -0.357 e. The number of carbonyl (C=O) groups excluding carboxylic acids is 2. The molecule has 1 saturated heterocycles. The molecule has 1 aromatic heterocycles. The van der Waals surface area contributed by atoms with Crippen LogP contribution in [0.15, 0.2) is 12.4 Å².